The van der Waals surface area contributed by atoms with Crippen LogP contribution in [0.25, 0.3) is 0 Å². The van der Waals surface area contributed by atoms with Gasteiger partial charge in [-0.15, -0.1) is 0 Å². The first-order chi connectivity index (χ1) is 15.6. The Morgan fingerprint density at radius 2 is 1.94 bits per heavy atom. The first kappa shape index (κ1) is 25.6. The summed E-state index contributed by atoms with van der Waals surface area (Å²) in [5, 5.41) is 2.98. The number of ether oxygens (including phenoxy) is 1. The SMILES string of the molecule is CC(C)CCc1ccc2c(c1)C(NC(=O)N(C=O)CC(F)F)C1(CCC(OC(C)C)CC1)C2. The number of amides is 3. The zero-order valence-corrected chi connectivity index (χ0v) is 20.3. The maximum Gasteiger partial charge on any atom is 0.324 e. The van der Waals surface area contributed by atoms with E-state index < -0.39 is 19.0 Å². The number of carbonyl (C=O) groups excluding carboxylic acids is 2. The molecule has 0 bridgehead atoms. The van der Waals surface area contributed by atoms with Crippen molar-refractivity contribution in [1.82, 2.24) is 10.2 Å². The summed E-state index contributed by atoms with van der Waals surface area (Å²) in [5.74, 6) is 0.590. The number of hydrogen-bond donors (Lipinski definition) is 1. The molecule has 0 saturated heterocycles. The molecule has 2 aliphatic rings. The van der Waals surface area contributed by atoms with Crippen LogP contribution in [0.15, 0.2) is 18.2 Å². The molecule has 33 heavy (non-hydrogen) atoms. The number of halogens is 2. The minimum absolute atomic E-state index is 0.166. The maximum atomic E-state index is 12.9. The smallest absolute Gasteiger partial charge is 0.324 e. The van der Waals surface area contributed by atoms with Crippen molar-refractivity contribution in [2.45, 2.75) is 97.3 Å². The number of benzene rings is 1. The summed E-state index contributed by atoms with van der Waals surface area (Å²) < 4.78 is 31.8. The average molecular weight is 465 g/mol. The quantitative estimate of drug-likeness (QED) is 0.480. The monoisotopic (exact) mass is 464 g/mol. The van der Waals surface area contributed by atoms with Gasteiger partial charge in [-0.1, -0.05) is 32.0 Å². The molecular weight excluding hydrogens is 426 g/mol. The molecule has 1 fully saturated rings. The molecule has 2 aliphatic carbocycles. The molecule has 1 atom stereocenters. The van der Waals surface area contributed by atoms with Gasteiger partial charge in [-0.05, 0) is 86.8 Å². The summed E-state index contributed by atoms with van der Waals surface area (Å²) in [7, 11) is 0. The second-order valence-electron chi connectivity index (χ2n) is 10.4. The number of fused-ring (bicyclic) bond motifs is 1. The summed E-state index contributed by atoms with van der Waals surface area (Å²) in [6.07, 6.45) is 4.19. The standard InChI is InChI=1S/C26H38F2N2O3/c1-17(2)5-6-19-7-8-20-14-26(11-9-21(10-12-26)33-18(3)4)24(22(20)13-19)29-25(32)30(16-31)15-23(27)28/h7-8,13,16-18,21,23-24H,5-6,9-12,14-15H2,1-4H3,(H,29,32). The number of aryl methyl sites for hydroxylation is 1. The van der Waals surface area contributed by atoms with Crippen LogP contribution in [0.2, 0.25) is 0 Å². The lowest BCUT2D eigenvalue weighted by Gasteiger charge is -2.42. The largest absolute Gasteiger partial charge is 0.376 e. The Kier molecular flexibility index (Phi) is 8.48. The van der Waals surface area contributed by atoms with Gasteiger partial charge in [-0.2, -0.15) is 0 Å². The van der Waals surface area contributed by atoms with E-state index in [1.807, 2.05) is 13.8 Å². The van der Waals surface area contributed by atoms with E-state index in [4.69, 9.17) is 4.74 Å². The van der Waals surface area contributed by atoms with Gasteiger partial charge in [0.1, 0.15) is 0 Å². The van der Waals surface area contributed by atoms with Crippen molar-refractivity contribution in [1.29, 1.82) is 0 Å². The Hall–Kier alpha value is -2.02. The molecule has 1 saturated carbocycles. The highest BCUT2D eigenvalue weighted by atomic mass is 19.3. The van der Waals surface area contributed by atoms with Crippen LogP contribution in [-0.2, 0) is 22.4 Å². The lowest BCUT2D eigenvalue weighted by Crippen LogP contribution is -2.48. The third-order valence-corrected chi connectivity index (χ3v) is 7.07. The van der Waals surface area contributed by atoms with Crippen LogP contribution in [0, 0.1) is 11.3 Å². The Labute approximate surface area is 196 Å². The van der Waals surface area contributed by atoms with Crippen molar-refractivity contribution in [2.24, 2.45) is 11.3 Å². The molecule has 1 N–H and O–H groups in total. The number of nitrogens with zero attached hydrogens (tertiary/aromatic N) is 1. The average Bonchev–Trinajstić information content (AvgIpc) is 3.04. The van der Waals surface area contributed by atoms with Crippen LogP contribution in [0.3, 0.4) is 0 Å². The zero-order valence-electron chi connectivity index (χ0n) is 20.3. The fourth-order valence-electron chi connectivity index (χ4n) is 5.41. The molecule has 1 unspecified atom stereocenters. The van der Waals surface area contributed by atoms with Crippen LogP contribution in [0.4, 0.5) is 13.6 Å². The van der Waals surface area contributed by atoms with Gasteiger partial charge in [0.25, 0.3) is 6.43 Å². The van der Waals surface area contributed by atoms with E-state index >= 15 is 0 Å². The van der Waals surface area contributed by atoms with Crippen LogP contribution >= 0.6 is 0 Å². The van der Waals surface area contributed by atoms with Crippen molar-refractivity contribution >= 4 is 12.4 Å². The number of nitrogens with one attached hydrogen (secondary N) is 1. The third kappa shape index (κ3) is 6.31. The maximum absolute atomic E-state index is 12.9. The van der Waals surface area contributed by atoms with Crippen molar-refractivity contribution < 1.29 is 23.1 Å². The van der Waals surface area contributed by atoms with Crippen molar-refractivity contribution in [3.8, 4) is 0 Å². The number of imide groups is 1. The first-order valence-corrected chi connectivity index (χ1v) is 12.2. The fourth-order valence-corrected chi connectivity index (χ4v) is 5.41. The van der Waals surface area contributed by atoms with Gasteiger partial charge in [-0.25, -0.2) is 13.6 Å². The molecule has 1 aromatic carbocycles. The minimum Gasteiger partial charge on any atom is -0.376 e. The van der Waals surface area contributed by atoms with Gasteiger partial charge in [0.15, 0.2) is 0 Å². The van der Waals surface area contributed by atoms with Crippen molar-refractivity contribution in [2.75, 3.05) is 6.54 Å². The predicted molar refractivity (Wildman–Crippen MR) is 124 cm³/mol. The van der Waals surface area contributed by atoms with Crippen LogP contribution in [0.5, 0.6) is 0 Å². The third-order valence-electron chi connectivity index (χ3n) is 7.07. The van der Waals surface area contributed by atoms with Gasteiger partial charge in [-0.3, -0.25) is 9.69 Å². The molecule has 1 aromatic rings. The van der Waals surface area contributed by atoms with Gasteiger partial charge in [0.2, 0.25) is 6.41 Å². The first-order valence-electron chi connectivity index (χ1n) is 12.2. The molecule has 184 valence electrons. The molecule has 0 aromatic heterocycles. The highest BCUT2D eigenvalue weighted by molar-refractivity contribution is 5.85. The lowest BCUT2D eigenvalue weighted by atomic mass is 9.68. The topological polar surface area (TPSA) is 58.6 Å². The molecule has 0 radical (unpaired) electrons. The lowest BCUT2D eigenvalue weighted by molar-refractivity contribution is -0.117. The number of carbonyl (C=O) groups is 2. The van der Waals surface area contributed by atoms with Crippen LogP contribution in [0.1, 0.15) is 82.5 Å². The molecule has 0 heterocycles. The van der Waals surface area contributed by atoms with Gasteiger partial charge >= 0.3 is 6.03 Å². The minimum atomic E-state index is -2.77. The predicted octanol–water partition coefficient (Wildman–Crippen LogP) is 5.66. The van der Waals surface area contributed by atoms with E-state index in [2.05, 4.69) is 37.4 Å². The number of alkyl halides is 2. The van der Waals surface area contributed by atoms with E-state index in [0.717, 1.165) is 50.5 Å². The number of urea groups is 1. The Balaban J connectivity index is 1.86. The molecular formula is C26H38F2N2O3. The molecule has 3 amide bonds. The molecule has 3 rings (SSSR count). The van der Waals surface area contributed by atoms with Crippen molar-refractivity contribution in [3.63, 3.8) is 0 Å². The normalized spacial score (nSPS) is 24.5. The summed E-state index contributed by atoms with van der Waals surface area (Å²) in [6.45, 7) is 7.56. The molecule has 0 aliphatic heterocycles. The summed E-state index contributed by atoms with van der Waals surface area (Å²) in [6, 6.07) is 5.44. The second-order valence-corrected chi connectivity index (χ2v) is 10.4. The van der Waals surface area contributed by atoms with E-state index in [0.29, 0.717) is 10.8 Å². The zero-order chi connectivity index (χ0) is 24.2. The second kappa shape index (κ2) is 10.9. The number of hydrogen-bond acceptors (Lipinski definition) is 3. The summed E-state index contributed by atoms with van der Waals surface area (Å²) >= 11 is 0. The summed E-state index contributed by atoms with van der Waals surface area (Å²) in [4.78, 5) is 24.7. The fraction of sp³-hybridized carbons (Fsp3) is 0.692. The van der Waals surface area contributed by atoms with Gasteiger partial charge in [0.05, 0.1) is 24.8 Å². The van der Waals surface area contributed by atoms with Gasteiger partial charge in [0, 0.05) is 0 Å². The number of rotatable bonds is 9. The molecule has 7 heteroatoms. The molecule has 1 spiro atoms. The highest BCUT2D eigenvalue weighted by Gasteiger charge is 2.49. The van der Waals surface area contributed by atoms with Crippen molar-refractivity contribution in [3.05, 3.63) is 34.9 Å². The van der Waals surface area contributed by atoms with Crippen LogP contribution in [-0.4, -0.2) is 42.5 Å². The Morgan fingerprint density at radius 1 is 1.24 bits per heavy atom. The molecule has 5 nitrogen and oxygen atoms in total. The highest BCUT2D eigenvalue weighted by Crippen LogP contribution is 2.54. The Morgan fingerprint density at radius 3 is 2.52 bits per heavy atom. The van der Waals surface area contributed by atoms with E-state index in [1.54, 1.807) is 0 Å². The van der Waals surface area contributed by atoms with E-state index in [-0.39, 0.29) is 30.1 Å². The van der Waals surface area contributed by atoms with E-state index in [1.165, 1.54) is 11.1 Å². The Bertz CT molecular complexity index is 820. The summed E-state index contributed by atoms with van der Waals surface area (Å²) in [5.41, 5.74) is 3.29. The van der Waals surface area contributed by atoms with Crippen LogP contribution < -0.4 is 5.32 Å². The van der Waals surface area contributed by atoms with Gasteiger partial charge < -0.3 is 10.1 Å². The van der Waals surface area contributed by atoms with E-state index in [9.17, 15) is 18.4 Å².